The van der Waals surface area contributed by atoms with Gasteiger partial charge in [-0.2, -0.15) is 0 Å². The molecule has 4 aromatic heterocycles. The van der Waals surface area contributed by atoms with Gasteiger partial charge in [-0.15, -0.1) is 22.7 Å². The van der Waals surface area contributed by atoms with E-state index in [0.29, 0.717) is 111 Å². The molecule has 0 radical (unpaired) electrons. The Kier molecular flexibility index (Phi) is 18.4. The third kappa shape index (κ3) is 12.1. The number of nitrogens with zero attached hydrogens (tertiary/aromatic N) is 6. The van der Waals surface area contributed by atoms with Crippen LogP contribution >= 0.6 is 45.9 Å². The van der Waals surface area contributed by atoms with E-state index < -0.39 is 12.0 Å². The number of aryl methyl sites for hydroxylation is 5. The van der Waals surface area contributed by atoms with E-state index in [1.165, 1.54) is 22.7 Å². The van der Waals surface area contributed by atoms with Crippen molar-refractivity contribution >= 4 is 63.7 Å². The van der Waals surface area contributed by atoms with Crippen LogP contribution in [0, 0.1) is 12.8 Å². The molecule has 6 heterocycles. The second-order valence-electron chi connectivity index (χ2n) is 22.3. The van der Waals surface area contributed by atoms with Gasteiger partial charge in [-0.3, -0.25) is 33.1 Å². The number of carbonyl (C=O) groups is 3. The number of benzene rings is 4. The number of rotatable bonds is 18. The molecule has 0 spiro atoms. The van der Waals surface area contributed by atoms with Crippen LogP contribution in [0.15, 0.2) is 111 Å². The van der Waals surface area contributed by atoms with Crippen molar-refractivity contribution in [3.63, 3.8) is 0 Å². The van der Waals surface area contributed by atoms with E-state index in [1.807, 2.05) is 79.0 Å². The fourth-order valence-corrected chi connectivity index (χ4v) is 13.7. The highest BCUT2D eigenvalue weighted by atomic mass is 35.5. The standard InChI is InChI=1S/C66H70Cl2N8O6S2/c1-9-41-13-12-14-46(58(41)75-39(7)50(62(77)73-26-25-49(33-73)69-8)30-52(64(75)79)60-71-55(35-83-60)44-17-21-47(67)22-18-44)16-15-40-28-42(10-2)59(43(11-3)29-40)76-57(27-37(4)5)51(63(78)74-34-54(66(81)82)70-32-38(74)6)31-53(65(76)80)61-72-56(36-84-61)45-19-23-48(68)24-20-45/h12-14,17-24,28-31,35-38,49,54,69-70H,9-11,15-16,25-27,32-34H2,1-8H3,(H,81,82). The lowest BCUT2D eigenvalue weighted by atomic mass is 9.92. The average molecular weight is 1210 g/mol. The van der Waals surface area contributed by atoms with E-state index in [2.05, 4.69) is 69.5 Å². The summed E-state index contributed by atoms with van der Waals surface area (Å²) in [7, 11) is 1.91. The number of aromatic nitrogens is 4. The zero-order valence-corrected chi connectivity index (χ0v) is 51.8. The van der Waals surface area contributed by atoms with Crippen molar-refractivity contribution in [2.45, 2.75) is 112 Å². The number of aliphatic carboxylic acids is 1. The third-order valence-corrected chi connectivity index (χ3v) is 18.6. The van der Waals surface area contributed by atoms with E-state index >= 15 is 14.4 Å². The van der Waals surface area contributed by atoms with Crippen molar-refractivity contribution in [2.24, 2.45) is 5.92 Å². The summed E-state index contributed by atoms with van der Waals surface area (Å²) in [6.45, 7) is 15.5. The molecule has 8 aromatic rings. The normalized spacial score (nSPS) is 16.2. The molecule has 2 saturated heterocycles. The van der Waals surface area contributed by atoms with Gasteiger partial charge in [0.25, 0.3) is 22.9 Å². The lowest BCUT2D eigenvalue weighted by Gasteiger charge is -2.38. The number of thiazole rings is 2. The Morgan fingerprint density at radius 2 is 1.27 bits per heavy atom. The van der Waals surface area contributed by atoms with Gasteiger partial charge in [0.05, 0.1) is 45.0 Å². The van der Waals surface area contributed by atoms with Crippen LogP contribution in [0.1, 0.15) is 108 Å². The number of para-hydroxylation sites is 1. The van der Waals surface area contributed by atoms with Crippen molar-refractivity contribution in [3.8, 4) is 55.0 Å². The molecule has 84 heavy (non-hydrogen) atoms. The van der Waals surface area contributed by atoms with Gasteiger partial charge in [0.15, 0.2) is 0 Å². The molecular formula is C66H70Cl2N8O6S2. The summed E-state index contributed by atoms with van der Waals surface area (Å²) in [5, 5.41) is 22.5. The predicted molar refractivity (Wildman–Crippen MR) is 339 cm³/mol. The highest BCUT2D eigenvalue weighted by molar-refractivity contribution is 7.13. The van der Waals surface area contributed by atoms with Crippen LogP contribution in [0.25, 0.3) is 55.0 Å². The lowest BCUT2D eigenvalue weighted by molar-refractivity contribution is -0.140. The van der Waals surface area contributed by atoms with Crippen LogP contribution in [0.2, 0.25) is 10.0 Å². The van der Waals surface area contributed by atoms with Crippen LogP contribution in [-0.2, 0) is 43.3 Å². The summed E-state index contributed by atoms with van der Waals surface area (Å²) < 4.78 is 3.52. The minimum atomic E-state index is -1.05. The molecule has 18 heteroatoms. The number of amides is 2. The quantitative estimate of drug-likeness (QED) is 0.0751. The molecule has 2 aliphatic heterocycles. The van der Waals surface area contributed by atoms with Crippen LogP contribution in [0.5, 0.6) is 0 Å². The molecule has 2 aliphatic rings. The van der Waals surface area contributed by atoms with Crippen molar-refractivity contribution in [1.82, 2.24) is 39.5 Å². The summed E-state index contributed by atoms with van der Waals surface area (Å²) in [5.41, 5.74) is 11.2. The number of carboxylic acid groups (broad SMARTS) is 1. The molecule has 2 amide bonds. The fraction of sp³-hybridized carbons (Fsp3) is 0.348. The summed E-state index contributed by atoms with van der Waals surface area (Å²) in [4.78, 5) is 87.1. The molecule has 10 rings (SSSR count). The van der Waals surface area contributed by atoms with Gasteiger partial charge in [0.2, 0.25) is 0 Å². The van der Waals surface area contributed by atoms with Gasteiger partial charge in [-0.25, -0.2) is 9.97 Å². The summed E-state index contributed by atoms with van der Waals surface area (Å²) in [6.07, 6.45) is 4.05. The van der Waals surface area contributed by atoms with E-state index in [0.717, 1.165) is 56.7 Å². The van der Waals surface area contributed by atoms with E-state index in [4.69, 9.17) is 33.2 Å². The maximum Gasteiger partial charge on any atom is 0.322 e. The van der Waals surface area contributed by atoms with E-state index in [-0.39, 0.29) is 59.6 Å². The Labute approximate surface area is 508 Å². The maximum absolute atomic E-state index is 15.7. The topological polar surface area (TPSA) is 172 Å². The smallest absolute Gasteiger partial charge is 0.322 e. The van der Waals surface area contributed by atoms with Gasteiger partial charge in [-0.05, 0) is 136 Å². The summed E-state index contributed by atoms with van der Waals surface area (Å²) in [6, 6.07) is 27.6. The number of likely N-dealkylation sites (tertiary alicyclic amines) is 1. The number of carbonyl (C=O) groups excluding carboxylic acids is 2. The minimum absolute atomic E-state index is 0.0181. The number of hydrogen-bond acceptors (Lipinski definition) is 11. The Bertz CT molecular complexity index is 3900. The first-order chi connectivity index (χ1) is 40.4. The molecule has 14 nitrogen and oxygen atoms in total. The lowest BCUT2D eigenvalue weighted by Crippen LogP contribution is -2.59. The van der Waals surface area contributed by atoms with Crippen LogP contribution in [0.4, 0.5) is 0 Å². The summed E-state index contributed by atoms with van der Waals surface area (Å²) >= 11 is 15.2. The van der Waals surface area contributed by atoms with Crippen molar-refractivity contribution in [3.05, 3.63) is 183 Å². The molecule has 3 unspecified atom stereocenters. The molecule has 436 valence electrons. The van der Waals surface area contributed by atoms with Gasteiger partial charge < -0.3 is 25.5 Å². The second kappa shape index (κ2) is 25.7. The number of pyridine rings is 2. The number of nitrogens with one attached hydrogen (secondary N) is 2. The molecular weight excluding hydrogens is 1140 g/mol. The SMILES string of the molecule is CCc1cccc(CCc2cc(CC)c(-n3c(CC(C)C)c(C(=O)N4CC(C(=O)O)NCC4C)cc(-c4nc(-c5ccc(Cl)cc5)cs4)c3=O)c(CC)c2)c1-n1c(C)c(C(=O)N2CCC(NC)C2)cc(-c2nc(-c3ccc(Cl)cc3)cs2)c1=O. The van der Waals surface area contributed by atoms with Crippen molar-refractivity contribution in [2.75, 3.05) is 33.2 Å². The summed E-state index contributed by atoms with van der Waals surface area (Å²) in [5.74, 6) is -1.51. The molecule has 3 N–H and O–H groups in total. The van der Waals surface area contributed by atoms with Gasteiger partial charge >= 0.3 is 5.97 Å². The van der Waals surface area contributed by atoms with Crippen LogP contribution in [0.3, 0.4) is 0 Å². The van der Waals surface area contributed by atoms with Gasteiger partial charge in [0.1, 0.15) is 16.1 Å². The highest BCUT2D eigenvalue weighted by Crippen LogP contribution is 2.36. The molecule has 2 fully saturated rings. The molecule has 0 saturated carbocycles. The van der Waals surface area contributed by atoms with Crippen molar-refractivity contribution < 1.29 is 19.5 Å². The van der Waals surface area contributed by atoms with Crippen molar-refractivity contribution in [1.29, 1.82) is 0 Å². The number of likely N-dealkylation sites (N-methyl/N-ethyl adjacent to an activating group) is 1. The van der Waals surface area contributed by atoms with E-state index in [1.54, 1.807) is 38.3 Å². The Morgan fingerprint density at radius 1 is 0.726 bits per heavy atom. The minimum Gasteiger partial charge on any atom is -0.480 e. The maximum atomic E-state index is 15.7. The Morgan fingerprint density at radius 3 is 1.81 bits per heavy atom. The first-order valence-electron chi connectivity index (χ1n) is 28.9. The molecule has 3 atom stereocenters. The van der Waals surface area contributed by atoms with Crippen LogP contribution < -0.4 is 21.8 Å². The van der Waals surface area contributed by atoms with Gasteiger partial charge in [0, 0.05) is 81.6 Å². The largest absolute Gasteiger partial charge is 0.480 e. The first-order valence-corrected chi connectivity index (χ1v) is 31.4. The second-order valence-corrected chi connectivity index (χ2v) is 24.9. The number of piperazine rings is 1. The number of hydrogen-bond donors (Lipinski definition) is 3. The first kappa shape index (κ1) is 60.1. The number of halogens is 2. The van der Waals surface area contributed by atoms with Crippen LogP contribution in [-0.4, -0.2) is 103 Å². The zero-order chi connectivity index (χ0) is 59.7. The third-order valence-electron chi connectivity index (χ3n) is 16.4. The Hall–Kier alpha value is -7.05. The number of carboxylic acids is 1. The monoisotopic (exact) mass is 1200 g/mol. The Balaban J connectivity index is 1.10. The predicted octanol–water partition coefficient (Wildman–Crippen LogP) is 12.2. The molecule has 0 bridgehead atoms. The highest BCUT2D eigenvalue weighted by Gasteiger charge is 2.36. The molecule has 4 aromatic carbocycles. The zero-order valence-electron chi connectivity index (χ0n) is 48.6. The average Bonchev–Trinajstić information content (AvgIpc) is 1.82. The van der Waals surface area contributed by atoms with E-state index in [9.17, 15) is 14.7 Å². The molecule has 0 aliphatic carbocycles. The fourth-order valence-electron chi connectivity index (χ4n) is 11.8. The van der Waals surface area contributed by atoms with Gasteiger partial charge in [-0.1, -0.05) is 112 Å².